The molecule has 2 aromatic carbocycles. The number of hydrogen-bond acceptors (Lipinski definition) is 5. The lowest BCUT2D eigenvalue weighted by Gasteiger charge is -2.37. The van der Waals surface area contributed by atoms with Crippen LogP contribution in [0, 0.1) is 18.7 Å². The normalized spacial score (nSPS) is 18.8. The number of amides is 2. The molecule has 13 heteroatoms. The molecule has 4 heterocycles. The van der Waals surface area contributed by atoms with Gasteiger partial charge in [-0.2, -0.15) is 5.10 Å². The summed E-state index contributed by atoms with van der Waals surface area (Å²) in [5.41, 5.74) is 4.04. The van der Waals surface area contributed by atoms with Crippen LogP contribution in [0.5, 0.6) is 0 Å². The summed E-state index contributed by atoms with van der Waals surface area (Å²) in [6.07, 6.45) is 4.21. The summed E-state index contributed by atoms with van der Waals surface area (Å²) < 4.78 is 45.8. The van der Waals surface area contributed by atoms with Gasteiger partial charge >= 0.3 is 0 Å². The minimum absolute atomic E-state index is 0. The fourth-order valence-corrected chi connectivity index (χ4v) is 6.29. The number of carbonyl (C=O) groups is 2. The van der Waals surface area contributed by atoms with E-state index in [0.717, 1.165) is 11.4 Å². The van der Waals surface area contributed by atoms with Gasteiger partial charge in [-0.05, 0) is 68.3 Å². The number of benzene rings is 2. The number of aromatic nitrogens is 5. The summed E-state index contributed by atoms with van der Waals surface area (Å²) in [4.78, 5) is 41.0. The van der Waals surface area contributed by atoms with Crippen LogP contribution in [0.4, 0.5) is 18.9 Å². The fraction of sp³-hybridized carbons (Fsp3) is 0.281. The highest BCUT2D eigenvalue weighted by atomic mass is 35.5. The van der Waals surface area contributed by atoms with Crippen molar-refractivity contribution in [3.63, 3.8) is 0 Å². The first-order chi connectivity index (χ1) is 21.2. The number of nitrogens with one attached hydrogen (secondary N) is 2. The molecule has 2 atom stereocenters. The molecule has 0 unspecified atom stereocenters. The smallest absolute Gasteiger partial charge is 0.251 e. The first kappa shape index (κ1) is 30.3. The zero-order chi connectivity index (χ0) is 30.6. The third-order valence-corrected chi connectivity index (χ3v) is 8.44. The summed E-state index contributed by atoms with van der Waals surface area (Å²) in [6, 6.07) is 11.9. The number of hydrogen-bond donors (Lipinski definition) is 2. The van der Waals surface area contributed by atoms with Crippen molar-refractivity contribution in [1.29, 1.82) is 0 Å². The fourth-order valence-electron chi connectivity index (χ4n) is 6.29. The highest BCUT2D eigenvalue weighted by Crippen LogP contribution is 2.43. The number of aromatic amines is 1. The number of imidazole rings is 1. The summed E-state index contributed by atoms with van der Waals surface area (Å²) in [5.74, 6) is -5.28. The molecule has 0 radical (unpaired) electrons. The van der Waals surface area contributed by atoms with E-state index in [-0.39, 0.29) is 25.4 Å². The molecule has 3 aromatic heterocycles. The standard InChI is InChI=1S/C32H28F3N7O2.ClH/c1-18-9-15-42(40-18)21-5-2-19(3-6-21)30(43)39-26-8-11-32(34,35)17-24(26)31(44)41-14-10-22-27(29-36-12-13-37-29)38-25-7-4-20(33)16-23(25)28(22)41;/h2-7,9,12-13,15-16,24,26H,8,10-11,14,17H2,1H3,(H,36,37)(H,39,43);1H/t24-,26-;/m1./s1. The van der Waals surface area contributed by atoms with E-state index < -0.39 is 48.4 Å². The molecule has 9 nitrogen and oxygen atoms in total. The molecular weight excluding hydrogens is 607 g/mol. The minimum atomic E-state index is -3.07. The van der Waals surface area contributed by atoms with Crippen LogP contribution in [-0.4, -0.2) is 55.1 Å². The number of pyridine rings is 1. The molecule has 1 saturated carbocycles. The number of H-pyrrole nitrogens is 1. The van der Waals surface area contributed by atoms with Gasteiger partial charge in [0.2, 0.25) is 11.8 Å². The van der Waals surface area contributed by atoms with Gasteiger partial charge in [0.15, 0.2) is 5.82 Å². The van der Waals surface area contributed by atoms with Gasteiger partial charge in [0, 0.05) is 60.5 Å². The largest absolute Gasteiger partial charge is 0.348 e. The monoisotopic (exact) mass is 635 g/mol. The summed E-state index contributed by atoms with van der Waals surface area (Å²) in [7, 11) is 0. The third-order valence-electron chi connectivity index (χ3n) is 8.44. The van der Waals surface area contributed by atoms with Crippen molar-refractivity contribution in [1.82, 2.24) is 30.0 Å². The molecule has 1 aliphatic heterocycles. The highest BCUT2D eigenvalue weighted by molar-refractivity contribution is 6.08. The van der Waals surface area contributed by atoms with E-state index in [1.54, 1.807) is 41.3 Å². The molecule has 1 aliphatic carbocycles. The van der Waals surface area contributed by atoms with Crippen LogP contribution in [0.1, 0.15) is 40.9 Å². The topological polar surface area (TPSA) is 109 Å². The Kier molecular flexibility index (Phi) is 7.86. The summed E-state index contributed by atoms with van der Waals surface area (Å²) >= 11 is 0. The Morgan fingerprint density at radius 3 is 2.62 bits per heavy atom. The maximum Gasteiger partial charge on any atom is 0.251 e. The predicted molar refractivity (Wildman–Crippen MR) is 164 cm³/mol. The number of rotatable bonds is 5. The lowest BCUT2D eigenvalue weighted by molar-refractivity contribution is -0.131. The zero-order valence-electron chi connectivity index (χ0n) is 24.1. The SMILES string of the molecule is Cc1ccn(-c2ccc(C(=O)N[C@@H]3CCC(F)(F)C[C@H]3C(=O)N3CCc4c(-c5ncc[nH]5)nc5ccc(F)cc5c43)cc2)n1.Cl. The van der Waals surface area contributed by atoms with Gasteiger partial charge < -0.3 is 15.2 Å². The molecule has 2 N–H and O–H groups in total. The van der Waals surface area contributed by atoms with Crippen molar-refractivity contribution < 1.29 is 22.8 Å². The van der Waals surface area contributed by atoms with E-state index in [0.29, 0.717) is 45.7 Å². The quantitative estimate of drug-likeness (QED) is 0.254. The molecule has 0 saturated heterocycles. The second kappa shape index (κ2) is 11.7. The zero-order valence-corrected chi connectivity index (χ0v) is 25.0. The van der Waals surface area contributed by atoms with Crippen molar-refractivity contribution in [3.05, 3.63) is 89.8 Å². The number of aryl methyl sites for hydroxylation is 1. The lowest BCUT2D eigenvalue weighted by atomic mass is 9.81. The van der Waals surface area contributed by atoms with Crippen molar-refractivity contribution in [2.45, 2.75) is 44.6 Å². The van der Waals surface area contributed by atoms with E-state index in [2.05, 4.69) is 20.4 Å². The van der Waals surface area contributed by atoms with Crippen LogP contribution in [0.2, 0.25) is 0 Å². The van der Waals surface area contributed by atoms with Gasteiger partial charge in [0.1, 0.15) is 11.5 Å². The predicted octanol–water partition coefficient (Wildman–Crippen LogP) is 5.80. The average Bonchev–Trinajstić information content (AvgIpc) is 3.79. The maximum atomic E-state index is 14.8. The minimum Gasteiger partial charge on any atom is -0.348 e. The number of carbonyl (C=O) groups excluding carboxylic acids is 2. The Hall–Kier alpha value is -4.71. The Morgan fingerprint density at radius 2 is 1.91 bits per heavy atom. The van der Waals surface area contributed by atoms with Crippen LogP contribution in [-0.2, 0) is 11.2 Å². The van der Waals surface area contributed by atoms with Gasteiger partial charge in [-0.1, -0.05) is 0 Å². The third kappa shape index (κ3) is 5.66. The Morgan fingerprint density at radius 1 is 1.11 bits per heavy atom. The number of nitrogens with zero attached hydrogens (tertiary/aromatic N) is 5. The van der Waals surface area contributed by atoms with Crippen LogP contribution >= 0.6 is 12.4 Å². The van der Waals surface area contributed by atoms with E-state index in [4.69, 9.17) is 4.98 Å². The molecule has 2 amide bonds. The van der Waals surface area contributed by atoms with Gasteiger partial charge in [-0.15, -0.1) is 12.4 Å². The van der Waals surface area contributed by atoms with Gasteiger partial charge in [0.05, 0.1) is 28.5 Å². The Bertz CT molecular complexity index is 1890. The first-order valence-electron chi connectivity index (χ1n) is 14.4. The number of alkyl halides is 2. The van der Waals surface area contributed by atoms with Crippen LogP contribution in [0.15, 0.2) is 67.1 Å². The lowest BCUT2D eigenvalue weighted by Crippen LogP contribution is -2.52. The molecule has 5 aromatic rings. The van der Waals surface area contributed by atoms with Crippen LogP contribution in [0.25, 0.3) is 28.1 Å². The van der Waals surface area contributed by atoms with Gasteiger partial charge in [0.25, 0.3) is 5.91 Å². The number of anilines is 1. The van der Waals surface area contributed by atoms with Crippen molar-refractivity contribution >= 4 is 40.8 Å². The molecule has 2 aliphatic rings. The molecule has 0 spiro atoms. The Balaban J connectivity index is 0.00000357. The van der Waals surface area contributed by atoms with Gasteiger partial charge in [-0.3, -0.25) is 9.59 Å². The van der Waals surface area contributed by atoms with Crippen LogP contribution in [0.3, 0.4) is 0 Å². The van der Waals surface area contributed by atoms with Crippen LogP contribution < -0.4 is 10.2 Å². The molecule has 0 bridgehead atoms. The highest BCUT2D eigenvalue weighted by Gasteiger charge is 2.47. The summed E-state index contributed by atoms with van der Waals surface area (Å²) in [6.45, 7) is 2.08. The van der Waals surface area contributed by atoms with E-state index in [1.165, 1.54) is 23.1 Å². The van der Waals surface area contributed by atoms with E-state index in [1.807, 2.05) is 19.2 Å². The van der Waals surface area contributed by atoms with Crippen molar-refractivity contribution in [3.8, 4) is 17.2 Å². The molecule has 1 fully saturated rings. The average molecular weight is 636 g/mol. The Labute approximate surface area is 262 Å². The second-order valence-electron chi connectivity index (χ2n) is 11.4. The number of halogens is 4. The van der Waals surface area contributed by atoms with Crippen molar-refractivity contribution in [2.24, 2.45) is 5.92 Å². The maximum absolute atomic E-state index is 14.8. The molecular formula is C32H29ClF3N7O2. The molecule has 232 valence electrons. The second-order valence-corrected chi connectivity index (χ2v) is 11.4. The molecule has 7 rings (SSSR count). The number of fused-ring (bicyclic) bond motifs is 3. The van der Waals surface area contributed by atoms with Crippen molar-refractivity contribution in [2.75, 3.05) is 11.4 Å². The van der Waals surface area contributed by atoms with E-state index >= 15 is 0 Å². The van der Waals surface area contributed by atoms with E-state index in [9.17, 15) is 22.8 Å². The molecule has 45 heavy (non-hydrogen) atoms. The first-order valence-corrected chi connectivity index (χ1v) is 14.4. The van der Waals surface area contributed by atoms with Gasteiger partial charge in [-0.25, -0.2) is 27.8 Å². The summed E-state index contributed by atoms with van der Waals surface area (Å²) in [5, 5.41) is 7.64.